The molecule has 6 nitrogen and oxygen atoms in total. The van der Waals surface area contributed by atoms with E-state index in [4.69, 9.17) is 4.74 Å². The molecule has 0 bridgehead atoms. The zero-order valence-electron chi connectivity index (χ0n) is 16.5. The number of amides is 1. The van der Waals surface area contributed by atoms with E-state index in [1.54, 1.807) is 6.20 Å². The molecule has 1 amide bonds. The van der Waals surface area contributed by atoms with Crippen molar-refractivity contribution in [3.05, 3.63) is 59.8 Å². The fraction of sp³-hybridized carbons (Fsp3) is 0.273. The van der Waals surface area contributed by atoms with Crippen molar-refractivity contribution in [3.63, 3.8) is 0 Å². The van der Waals surface area contributed by atoms with Crippen LogP contribution in [0.5, 0.6) is 0 Å². The summed E-state index contributed by atoms with van der Waals surface area (Å²) < 4.78 is 5.11. The number of para-hydroxylation sites is 3. The number of hydrogen-bond donors (Lipinski definition) is 1. The van der Waals surface area contributed by atoms with Crippen molar-refractivity contribution in [2.45, 2.75) is 31.7 Å². The summed E-state index contributed by atoms with van der Waals surface area (Å²) >= 11 is 1.23. The number of ether oxygens (including phenoxy) is 1. The molecule has 7 heteroatoms. The molecule has 2 aromatic carbocycles. The average molecular weight is 410 g/mol. The van der Waals surface area contributed by atoms with E-state index < -0.39 is 5.97 Å². The van der Waals surface area contributed by atoms with Gasteiger partial charge in [-0.3, -0.25) is 14.6 Å². The van der Waals surface area contributed by atoms with Gasteiger partial charge in [-0.25, -0.2) is 4.98 Å². The fourth-order valence-corrected chi connectivity index (χ4v) is 3.55. The Kier molecular flexibility index (Phi) is 7.19. The van der Waals surface area contributed by atoms with Crippen LogP contribution in [0.1, 0.15) is 25.0 Å². The van der Waals surface area contributed by atoms with E-state index in [0.717, 1.165) is 40.7 Å². The van der Waals surface area contributed by atoms with Gasteiger partial charge in [-0.1, -0.05) is 55.9 Å². The van der Waals surface area contributed by atoms with E-state index in [0.29, 0.717) is 5.03 Å². The number of carbonyl (C=O) groups excluding carboxylic acids is 2. The first kappa shape index (κ1) is 20.8. The van der Waals surface area contributed by atoms with Crippen LogP contribution in [0, 0.1) is 0 Å². The normalized spacial score (nSPS) is 10.7. The SMILES string of the molecule is CCc1cccc(CC)c1NC(=O)COC(=O)CSc1cnc2ccccc2n1. The summed E-state index contributed by atoms with van der Waals surface area (Å²) in [6, 6.07) is 13.5. The number of esters is 1. The van der Waals surface area contributed by atoms with Crippen LogP contribution in [0.3, 0.4) is 0 Å². The van der Waals surface area contributed by atoms with Gasteiger partial charge in [0.1, 0.15) is 5.03 Å². The van der Waals surface area contributed by atoms with Crippen molar-refractivity contribution in [1.82, 2.24) is 9.97 Å². The molecular formula is C22H23N3O3S. The molecule has 0 aliphatic heterocycles. The number of hydrogen-bond acceptors (Lipinski definition) is 6. The molecule has 0 aliphatic rings. The lowest BCUT2D eigenvalue weighted by Crippen LogP contribution is -2.23. The van der Waals surface area contributed by atoms with Gasteiger partial charge in [0.05, 0.1) is 23.0 Å². The Hall–Kier alpha value is -2.93. The van der Waals surface area contributed by atoms with Crippen molar-refractivity contribution in [2.24, 2.45) is 0 Å². The quantitative estimate of drug-likeness (QED) is 0.447. The summed E-state index contributed by atoms with van der Waals surface area (Å²) in [6.07, 6.45) is 3.25. The Morgan fingerprint density at radius 2 is 1.69 bits per heavy atom. The number of benzene rings is 2. The Morgan fingerprint density at radius 1 is 1.00 bits per heavy atom. The lowest BCUT2D eigenvalue weighted by atomic mass is 10.0. The van der Waals surface area contributed by atoms with Crippen LogP contribution in [-0.2, 0) is 27.2 Å². The number of rotatable bonds is 8. The minimum atomic E-state index is -0.473. The van der Waals surface area contributed by atoms with E-state index in [-0.39, 0.29) is 18.3 Å². The molecule has 0 unspecified atom stereocenters. The minimum absolute atomic E-state index is 0.0616. The third-order valence-electron chi connectivity index (χ3n) is 4.39. The maximum Gasteiger partial charge on any atom is 0.316 e. The molecule has 1 N–H and O–H groups in total. The highest BCUT2D eigenvalue weighted by atomic mass is 32.2. The van der Waals surface area contributed by atoms with Crippen LogP contribution in [0.15, 0.2) is 53.7 Å². The van der Waals surface area contributed by atoms with Crippen LogP contribution >= 0.6 is 11.8 Å². The second-order valence-corrected chi connectivity index (χ2v) is 7.35. The number of fused-ring (bicyclic) bond motifs is 1. The Balaban J connectivity index is 1.51. The van der Waals surface area contributed by atoms with Gasteiger partial charge in [0, 0.05) is 5.69 Å². The lowest BCUT2D eigenvalue weighted by molar-refractivity contribution is -0.144. The van der Waals surface area contributed by atoms with Crippen molar-refractivity contribution >= 4 is 40.4 Å². The summed E-state index contributed by atoms with van der Waals surface area (Å²) in [7, 11) is 0. The molecule has 1 aromatic heterocycles. The highest BCUT2D eigenvalue weighted by Crippen LogP contribution is 2.22. The number of aromatic nitrogens is 2. The molecule has 29 heavy (non-hydrogen) atoms. The highest BCUT2D eigenvalue weighted by molar-refractivity contribution is 7.99. The lowest BCUT2D eigenvalue weighted by Gasteiger charge is -2.14. The molecule has 0 radical (unpaired) electrons. The van der Waals surface area contributed by atoms with Crippen LogP contribution in [0.2, 0.25) is 0 Å². The van der Waals surface area contributed by atoms with Gasteiger partial charge >= 0.3 is 5.97 Å². The largest absolute Gasteiger partial charge is 0.455 e. The maximum absolute atomic E-state index is 12.3. The molecule has 3 aromatic rings. The van der Waals surface area contributed by atoms with Gasteiger partial charge in [-0.2, -0.15) is 0 Å². The second kappa shape index (κ2) is 10.0. The zero-order chi connectivity index (χ0) is 20.6. The standard InChI is InChI=1S/C22H23N3O3S/c1-3-15-8-7-9-16(4-2)22(15)25-19(26)13-28-21(27)14-29-20-12-23-17-10-5-6-11-18(17)24-20/h5-12H,3-4,13-14H2,1-2H3,(H,25,26). The summed E-state index contributed by atoms with van der Waals surface area (Å²) in [5.41, 5.74) is 4.52. The number of anilines is 1. The molecule has 150 valence electrons. The summed E-state index contributed by atoms with van der Waals surface area (Å²) in [4.78, 5) is 33.0. The number of thioether (sulfide) groups is 1. The topological polar surface area (TPSA) is 81.2 Å². The number of nitrogens with zero attached hydrogens (tertiary/aromatic N) is 2. The van der Waals surface area contributed by atoms with Gasteiger partial charge in [-0.05, 0) is 36.1 Å². The molecule has 1 heterocycles. The summed E-state index contributed by atoms with van der Waals surface area (Å²) in [5, 5.41) is 3.52. The first-order valence-corrected chi connectivity index (χ1v) is 10.5. The molecule has 0 aliphatic carbocycles. The maximum atomic E-state index is 12.3. The highest BCUT2D eigenvalue weighted by Gasteiger charge is 2.13. The van der Waals surface area contributed by atoms with Crippen molar-refractivity contribution in [3.8, 4) is 0 Å². The number of carbonyl (C=O) groups is 2. The average Bonchev–Trinajstić information content (AvgIpc) is 2.76. The van der Waals surface area contributed by atoms with E-state index in [9.17, 15) is 9.59 Å². The third kappa shape index (κ3) is 5.54. The van der Waals surface area contributed by atoms with Crippen LogP contribution in [-0.4, -0.2) is 34.2 Å². The molecule has 0 fully saturated rings. The van der Waals surface area contributed by atoms with Crippen molar-refractivity contribution in [1.29, 1.82) is 0 Å². The predicted octanol–water partition coefficient (Wildman–Crippen LogP) is 4.03. The van der Waals surface area contributed by atoms with Gasteiger partial charge in [0.15, 0.2) is 6.61 Å². The molecule has 0 spiro atoms. The first-order chi connectivity index (χ1) is 14.1. The van der Waals surface area contributed by atoms with Crippen LogP contribution in [0.4, 0.5) is 5.69 Å². The van der Waals surface area contributed by atoms with Gasteiger partial charge in [0.2, 0.25) is 0 Å². The fourth-order valence-electron chi connectivity index (χ4n) is 2.91. The van der Waals surface area contributed by atoms with E-state index in [1.165, 1.54) is 11.8 Å². The predicted molar refractivity (Wildman–Crippen MR) is 115 cm³/mol. The molecule has 0 saturated heterocycles. The van der Waals surface area contributed by atoms with Gasteiger partial charge in [0.25, 0.3) is 5.91 Å². The first-order valence-electron chi connectivity index (χ1n) is 9.51. The van der Waals surface area contributed by atoms with Crippen LogP contribution < -0.4 is 5.32 Å². The molecular weight excluding hydrogens is 386 g/mol. The Bertz CT molecular complexity index is 1000. The monoisotopic (exact) mass is 409 g/mol. The van der Waals surface area contributed by atoms with Gasteiger partial charge < -0.3 is 10.1 Å². The second-order valence-electron chi connectivity index (χ2n) is 6.35. The van der Waals surface area contributed by atoms with Crippen molar-refractivity contribution in [2.75, 3.05) is 17.7 Å². The van der Waals surface area contributed by atoms with E-state index in [2.05, 4.69) is 15.3 Å². The molecule has 0 atom stereocenters. The Morgan fingerprint density at radius 3 is 2.38 bits per heavy atom. The number of nitrogens with one attached hydrogen (secondary N) is 1. The zero-order valence-corrected chi connectivity index (χ0v) is 17.3. The smallest absolute Gasteiger partial charge is 0.316 e. The number of aryl methyl sites for hydroxylation is 2. The van der Waals surface area contributed by atoms with Gasteiger partial charge in [-0.15, -0.1) is 0 Å². The summed E-state index contributed by atoms with van der Waals surface area (Å²) in [6.45, 7) is 3.76. The van der Waals surface area contributed by atoms with Crippen LogP contribution in [0.25, 0.3) is 11.0 Å². The Labute approximate surface area is 174 Å². The third-order valence-corrected chi connectivity index (χ3v) is 5.26. The summed E-state index contributed by atoms with van der Waals surface area (Å²) in [5.74, 6) is -0.754. The molecule has 3 rings (SSSR count). The van der Waals surface area contributed by atoms with E-state index >= 15 is 0 Å². The minimum Gasteiger partial charge on any atom is -0.455 e. The van der Waals surface area contributed by atoms with Crippen molar-refractivity contribution < 1.29 is 14.3 Å². The van der Waals surface area contributed by atoms with E-state index in [1.807, 2.05) is 56.3 Å². The molecule has 0 saturated carbocycles.